The summed E-state index contributed by atoms with van der Waals surface area (Å²) in [6, 6.07) is 5.79. The van der Waals surface area contributed by atoms with E-state index in [0.29, 0.717) is 11.6 Å². The molecule has 0 amide bonds. The van der Waals surface area contributed by atoms with Crippen LogP contribution in [0.2, 0.25) is 5.02 Å². The summed E-state index contributed by atoms with van der Waals surface area (Å²) in [5.74, 6) is 1.79. The van der Waals surface area contributed by atoms with Gasteiger partial charge in [-0.15, -0.1) is 0 Å². The quantitative estimate of drug-likeness (QED) is 0.494. The Morgan fingerprint density at radius 3 is 3.05 bits per heavy atom. The highest BCUT2D eigenvalue weighted by molar-refractivity contribution is 6.30. The number of rotatable bonds is 0. The molecule has 0 saturated heterocycles. The lowest BCUT2D eigenvalue weighted by atomic mass is 10.1. The van der Waals surface area contributed by atoms with Gasteiger partial charge in [-0.1, -0.05) is 11.6 Å². The van der Waals surface area contributed by atoms with Gasteiger partial charge in [0.2, 0.25) is 0 Å². The maximum absolute atomic E-state index is 6.14. The molecule has 0 aliphatic carbocycles. The van der Waals surface area contributed by atoms with Crippen LogP contribution in [-0.2, 0) is 6.54 Å². The SMILES string of the molecule is Cc1ncc2n1-c1cc(Cl)ccc1-c1ncnn1C2. The second-order valence-corrected chi connectivity index (χ2v) is 4.97. The summed E-state index contributed by atoms with van der Waals surface area (Å²) in [5.41, 5.74) is 3.09. The molecule has 6 heteroatoms. The van der Waals surface area contributed by atoms with Crippen molar-refractivity contribution in [3.63, 3.8) is 0 Å². The highest BCUT2D eigenvalue weighted by atomic mass is 35.5. The summed E-state index contributed by atoms with van der Waals surface area (Å²) >= 11 is 6.14. The number of benzene rings is 1. The topological polar surface area (TPSA) is 48.5 Å². The Bertz CT molecular complexity index is 786. The van der Waals surface area contributed by atoms with Crippen molar-refractivity contribution in [1.82, 2.24) is 24.3 Å². The largest absolute Gasteiger partial charge is 0.298 e. The fourth-order valence-corrected chi connectivity index (χ4v) is 2.72. The van der Waals surface area contributed by atoms with Gasteiger partial charge in [0.25, 0.3) is 0 Å². The van der Waals surface area contributed by atoms with Crippen molar-refractivity contribution in [3.8, 4) is 17.1 Å². The maximum atomic E-state index is 6.14. The normalized spacial score (nSPS) is 12.5. The molecule has 0 radical (unpaired) electrons. The van der Waals surface area contributed by atoms with Crippen LogP contribution in [0.5, 0.6) is 0 Å². The summed E-state index contributed by atoms with van der Waals surface area (Å²) in [7, 11) is 0. The zero-order chi connectivity index (χ0) is 13.0. The number of imidazole rings is 1. The molecule has 3 aromatic rings. The fraction of sp³-hybridized carbons (Fsp3) is 0.154. The molecule has 1 aromatic carbocycles. The number of nitrogens with zero attached hydrogens (tertiary/aromatic N) is 5. The zero-order valence-electron chi connectivity index (χ0n) is 10.2. The Hall–Kier alpha value is -2.14. The van der Waals surface area contributed by atoms with Crippen LogP contribution in [-0.4, -0.2) is 24.3 Å². The van der Waals surface area contributed by atoms with Gasteiger partial charge < -0.3 is 0 Å². The molecule has 2 aromatic heterocycles. The van der Waals surface area contributed by atoms with Crippen molar-refractivity contribution in [3.05, 3.63) is 47.3 Å². The Balaban J connectivity index is 2.14. The van der Waals surface area contributed by atoms with Crippen LogP contribution in [0.25, 0.3) is 17.1 Å². The lowest BCUT2D eigenvalue weighted by Crippen LogP contribution is -2.05. The third-order valence-corrected chi connectivity index (χ3v) is 3.62. The average molecular weight is 272 g/mol. The van der Waals surface area contributed by atoms with Crippen molar-refractivity contribution in [2.24, 2.45) is 0 Å². The number of aromatic nitrogens is 5. The first-order valence-electron chi connectivity index (χ1n) is 5.95. The summed E-state index contributed by atoms with van der Waals surface area (Å²) in [6.45, 7) is 2.64. The van der Waals surface area contributed by atoms with Gasteiger partial charge in [0.15, 0.2) is 5.82 Å². The Kier molecular flexibility index (Phi) is 2.08. The second-order valence-electron chi connectivity index (χ2n) is 4.53. The van der Waals surface area contributed by atoms with Crippen molar-refractivity contribution >= 4 is 11.6 Å². The first-order chi connectivity index (χ1) is 9.24. The highest BCUT2D eigenvalue weighted by Crippen LogP contribution is 2.32. The second kappa shape index (κ2) is 3.68. The van der Waals surface area contributed by atoms with Crippen LogP contribution in [0.1, 0.15) is 11.5 Å². The summed E-state index contributed by atoms with van der Waals surface area (Å²) in [4.78, 5) is 8.74. The molecule has 0 unspecified atom stereocenters. The molecule has 4 rings (SSSR count). The van der Waals surface area contributed by atoms with E-state index in [9.17, 15) is 0 Å². The molecule has 0 spiro atoms. The predicted molar refractivity (Wildman–Crippen MR) is 71.4 cm³/mol. The van der Waals surface area contributed by atoms with E-state index in [1.165, 1.54) is 0 Å². The van der Waals surface area contributed by atoms with E-state index in [-0.39, 0.29) is 0 Å². The van der Waals surface area contributed by atoms with Gasteiger partial charge in [0.05, 0.1) is 24.1 Å². The van der Waals surface area contributed by atoms with Crippen molar-refractivity contribution in [2.75, 3.05) is 0 Å². The number of aryl methyl sites for hydroxylation is 1. The minimum Gasteiger partial charge on any atom is -0.298 e. The van der Waals surface area contributed by atoms with Crippen LogP contribution in [0.4, 0.5) is 0 Å². The fourth-order valence-electron chi connectivity index (χ4n) is 2.55. The van der Waals surface area contributed by atoms with Crippen LogP contribution in [0, 0.1) is 6.92 Å². The number of halogens is 1. The van der Waals surface area contributed by atoms with Crippen LogP contribution in [0.3, 0.4) is 0 Å². The predicted octanol–water partition coefficient (Wildman–Crippen LogP) is 2.45. The maximum Gasteiger partial charge on any atom is 0.160 e. The lowest BCUT2D eigenvalue weighted by molar-refractivity contribution is 0.675. The van der Waals surface area contributed by atoms with Gasteiger partial charge in [-0.05, 0) is 25.1 Å². The first-order valence-corrected chi connectivity index (χ1v) is 6.33. The van der Waals surface area contributed by atoms with E-state index < -0.39 is 0 Å². The summed E-state index contributed by atoms with van der Waals surface area (Å²) in [6.07, 6.45) is 3.45. The molecule has 3 heterocycles. The minimum absolute atomic E-state index is 0.655. The van der Waals surface area contributed by atoms with Crippen molar-refractivity contribution in [1.29, 1.82) is 0 Å². The average Bonchev–Trinajstić information content (AvgIpc) is 2.95. The number of hydrogen-bond donors (Lipinski definition) is 0. The third-order valence-electron chi connectivity index (χ3n) is 3.38. The molecule has 1 aliphatic rings. The molecule has 0 fully saturated rings. The van der Waals surface area contributed by atoms with Gasteiger partial charge in [0, 0.05) is 10.6 Å². The zero-order valence-corrected chi connectivity index (χ0v) is 11.0. The van der Waals surface area contributed by atoms with Gasteiger partial charge in [0.1, 0.15) is 12.2 Å². The smallest absolute Gasteiger partial charge is 0.160 e. The molecule has 19 heavy (non-hydrogen) atoms. The van der Waals surface area contributed by atoms with Crippen LogP contribution in [0.15, 0.2) is 30.7 Å². The molecule has 0 atom stereocenters. The van der Waals surface area contributed by atoms with Crippen LogP contribution < -0.4 is 0 Å². The van der Waals surface area contributed by atoms with E-state index >= 15 is 0 Å². The van der Waals surface area contributed by atoms with E-state index in [0.717, 1.165) is 28.6 Å². The third kappa shape index (κ3) is 1.45. The lowest BCUT2D eigenvalue weighted by Gasteiger charge is -2.10. The Morgan fingerprint density at radius 2 is 2.16 bits per heavy atom. The van der Waals surface area contributed by atoms with E-state index in [1.807, 2.05) is 36.0 Å². The van der Waals surface area contributed by atoms with Crippen molar-refractivity contribution in [2.45, 2.75) is 13.5 Å². The molecule has 94 valence electrons. The van der Waals surface area contributed by atoms with Gasteiger partial charge in [-0.2, -0.15) is 5.10 Å². The monoisotopic (exact) mass is 271 g/mol. The number of fused-ring (bicyclic) bond motifs is 5. The molecular formula is C13H10ClN5. The van der Waals surface area contributed by atoms with Gasteiger partial charge in [-0.3, -0.25) is 4.57 Å². The Labute approximate surface area is 114 Å². The Morgan fingerprint density at radius 1 is 1.26 bits per heavy atom. The first kappa shape index (κ1) is 10.8. The molecule has 1 aliphatic heterocycles. The van der Waals surface area contributed by atoms with Gasteiger partial charge >= 0.3 is 0 Å². The van der Waals surface area contributed by atoms with E-state index in [2.05, 4.69) is 19.6 Å². The van der Waals surface area contributed by atoms with Crippen molar-refractivity contribution < 1.29 is 0 Å². The standard InChI is InChI=1S/C13H10ClN5/c1-8-15-5-10-6-18-13(16-7-17-18)11-3-2-9(14)4-12(11)19(8)10/h2-5,7H,6H2,1H3. The number of hydrogen-bond acceptors (Lipinski definition) is 3. The molecule has 5 nitrogen and oxygen atoms in total. The molecule has 0 N–H and O–H groups in total. The molecule has 0 saturated carbocycles. The molecular weight excluding hydrogens is 262 g/mol. The summed E-state index contributed by atoms with van der Waals surface area (Å²) < 4.78 is 3.99. The van der Waals surface area contributed by atoms with E-state index in [4.69, 9.17) is 11.6 Å². The molecule has 0 bridgehead atoms. The highest BCUT2D eigenvalue weighted by Gasteiger charge is 2.22. The summed E-state index contributed by atoms with van der Waals surface area (Å²) in [5, 5.41) is 4.98. The van der Waals surface area contributed by atoms with Gasteiger partial charge in [-0.25, -0.2) is 14.6 Å². The van der Waals surface area contributed by atoms with E-state index in [1.54, 1.807) is 6.33 Å². The minimum atomic E-state index is 0.655. The van der Waals surface area contributed by atoms with Crippen LogP contribution >= 0.6 is 11.6 Å².